The molecule has 21 heavy (non-hydrogen) atoms. The fraction of sp³-hybridized carbons (Fsp3) is 0.467. The number of morpholine rings is 1. The van der Waals surface area contributed by atoms with Crippen LogP contribution in [0.1, 0.15) is 15.9 Å². The number of carbonyl (C=O) groups is 2. The standard InChI is InChI=1S/C15H21N3O3/c1-17-14(19)13-10-21-9-8-18(13)15(20)12-4-2-11(3-5-12)6-7-16/h2-5,13H,6-10,16H2,1H3,(H,17,19). The summed E-state index contributed by atoms with van der Waals surface area (Å²) in [4.78, 5) is 26.0. The number of rotatable bonds is 4. The zero-order chi connectivity index (χ0) is 15.2. The largest absolute Gasteiger partial charge is 0.377 e. The summed E-state index contributed by atoms with van der Waals surface area (Å²) in [5, 5.41) is 2.57. The SMILES string of the molecule is CNC(=O)C1COCCN1C(=O)c1ccc(CCN)cc1. The zero-order valence-electron chi connectivity index (χ0n) is 12.2. The number of nitrogens with two attached hydrogens (primary N) is 1. The second-order valence-electron chi connectivity index (χ2n) is 4.94. The second kappa shape index (κ2) is 7.19. The Kier molecular flexibility index (Phi) is 5.30. The van der Waals surface area contributed by atoms with Gasteiger partial charge in [-0.05, 0) is 30.7 Å². The van der Waals surface area contributed by atoms with Crippen LogP contribution in [0.25, 0.3) is 0 Å². The fourth-order valence-corrected chi connectivity index (χ4v) is 2.38. The van der Waals surface area contributed by atoms with Crippen LogP contribution in [0.4, 0.5) is 0 Å². The Balaban J connectivity index is 2.14. The molecule has 1 atom stereocenters. The normalized spacial score (nSPS) is 18.4. The van der Waals surface area contributed by atoms with Gasteiger partial charge in [0, 0.05) is 19.2 Å². The topological polar surface area (TPSA) is 84.7 Å². The molecule has 1 aliphatic heterocycles. The van der Waals surface area contributed by atoms with Gasteiger partial charge in [-0.15, -0.1) is 0 Å². The molecule has 1 unspecified atom stereocenters. The predicted molar refractivity (Wildman–Crippen MR) is 78.9 cm³/mol. The van der Waals surface area contributed by atoms with Crippen molar-refractivity contribution in [2.24, 2.45) is 5.73 Å². The Hall–Kier alpha value is -1.92. The van der Waals surface area contributed by atoms with Gasteiger partial charge in [-0.2, -0.15) is 0 Å². The third-order valence-electron chi connectivity index (χ3n) is 3.57. The molecule has 2 rings (SSSR count). The molecule has 0 spiro atoms. The summed E-state index contributed by atoms with van der Waals surface area (Å²) in [5.74, 6) is -0.353. The van der Waals surface area contributed by atoms with Crippen molar-refractivity contribution in [3.63, 3.8) is 0 Å². The van der Waals surface area contributed by atoms with E-state index in [0.717, 1.165) is 12.0 Å². The second-order valence-corrected chi connectivity index (χ2v) is 4.94. The average Bonchev–Trinajstić information content (AvgIpc) is 2.54. The predicted octanol–water partition coefficient (Wildman–Crippen LogP) is -0.225. The maximum absolute atomic E-state index is 12.6. The molecule has 2 amide bonds. The lowest BCUT2D eigenvalue weighted by atomic mass is 10.1. The van der Waals surface area contributed by atoms with Crippen molar-refractivity contribution in [1.82, 2.24) is 10.2 Å². The molecule has 3 N–H and O–H groups in total. The Morgan fingerprint density at radius 2 is 2.10 bits per heavy atom. The van der Waals surface area contributed by atoms with Crippen LogP contribution in [0.2, 0.25) is 0 Å². The van der Waals surface area contributed by atoms with Crippen molar-refractivity contribution in [3.8, 4) is 0 Å². The summed E-state index contributed by atoms with van der Waals surface area (Å²) < 4.78 is 5.30. The number of carbonyl (C=O) groups excluding carboxylic acids is 2. The van der Waals surface area contributed by atoms with E-state index in [0.29, 0.717) is 25.3 Å². The maximum Gasteiger partial charge on any atom is 0.254 e. The summed E-state index contributed by atoms with van der Waals surface area (Å²) in [6.45, 7) is 1.68. The first-order valence-corrected chi connectivity index (χ1v) is 7.06. The van der Waals surface area contributed by atoms with E-state index in [1.807, 2.05) is 12.1 Å². The van der Waals surface area contributed by atoms with Crippen molar-refractivity contribution in [1.29, 1.82) is 0 Å². The van der Waals surface area contributed by atoms with Gasteiger partial charge in [0.15, 0.2) is 0 Å². The van der Waals surface area contributed by atoms with Gasteiger partial charge in [0.05, 0.1) is 13.2 Å². The van der Waals surface area contributed by atoms with Gasteiger partial charge < -0.3 is 20.7 Å². The van der Waals surface area contributed by atoms with Crippen molar-refractivity contribution in [3.05, 3.63) is 35.4 Å². The van der Waals surface area contributed by atoms with Gasteiger partial charge in [-0.3, -0.25) is 9.59 Å². The van der Waals surface area contributed by atoms with E-state index in [1.165, 1.54) is 0 Å². The quantitative estimate of drug-likeness (QED) is 0.803. The molecule has 6 nitrogen and oxygen atoms in total. The summed E-state index contributed by atoms with van der Waals surface area (Å²) in [6.07, 6.45) is 0.785. The Bertz CT molecular complexity index is 501. The molecule has 1 saturated heterocycles. The third-order valence-corrected chi connectivity index (χ3v) is 3.57. The van der Waals surface area contributed by atoms with E-state index < -0.39 is 6.04 Å². The van der Waals surface area contributed by atoms with Crippen molar-refractivity contribution in [2.75, 3.05) is 33.4 Å². The van der Waals surface area contributed by atoms with E-state index >= 15 is 0 Å². The highest BCUT2D eigenvalue weighted by Crippen LogP contribution is 2.14. The number of ether oxygens (including phenoxy) is 1. The van der Waals surface area contributed by atoms with Crippen LogP contribution >= 0.6 is 0 Å². The van der Waals surface area contributed by atoms with E-state index in [9.17, 15) is 9.59 Å². The van der Waals surface area contributed by atoms with Crippen molar-refractivity contribution >= 4 is 11.8 Å². The van der Waals surface area contributed by atoms with Gasteiger partial charge in [-0.25, -0.2) is 0 Å². The first kappa shape index (κ1) is 15.5. The molecule has 1 aromatic rings. The monoisotopic (exact) mass is 291 g/mol. The van der Waals surface area contributed by atoms with Gasteiger partial charge in [0.2, 0.25) is 5.91 Å². The van der Waals surface area contributed by atoms with Crippen LogP contribution in [0.5, 0.6) is 0 Å². The minimum Gasteiger partial charge on any atom is -0.377 e. The number of amides is 2. The molecule has 0 radical (unpaired) electrons. The summed E-state index contributed by atoms with van der Waals surface area (Å²) in [7, 11) is 1.56. The molecule has 0 aromatic heterocycles. The van der Waals surface area contributed by atoms with Crippen LogP contribution in [0, 0.1) is 0 Å². The highest BCUT2D eigenvalue weighted by Gasteiger charge is 2.32. The van der Waals surface area contributed by atoms with Crippen LogP contribution in [-0.4, -0.2) is 56.1 Å². The summed E-state index contributed by atoms with van der Waals surface area (Å²) >= 11 is 0. The Morgan fingerprint density at radius 3 is 2.71 bits per heavy atom. The number of hydrogen-bond acceptors (Lipinski definition) is 4. The molecular formula is C15H21N3O3. The smallest absolute Gasteiger partial charge is 0.254 e. The van der Waals surface area contributed by atoms with Crippen LogP contribution in [-0.2, 0) is 16.0 Å². The molecule has 1 heterocycles. The van der Waals surface area contributed by atoms with Crippen LogP contribution in [0.15, 0.2) is 24.3 Å². The number of nitrogens with one attached hydrogen (secondary N) is 1. The lowest BCUT2D eigenvalue weighted by Crippen LogP contribution is -2.55. The first-order valence-electron chi connectivity index (χ1n) is 7.06. The summed E-state index contributed by atoms with van der Waals surface area (Å²) in [6, 6.07) is 6.79. The van der Waals surface area contributed by atoms with Gasteiger partial charge in [0.1, 0.15) is 6.04 Å². The first-order chi connectivity index (χ1) is 10.2. The maximum atomic E-state index is 12.6. The molecule has 114 valence electrons. The molecule has 1 aliphatic rings. The van der Waals surface area contributed by atoms with Crippen LogP contribution in [0.3, 0.4) is 0 Å². The van der Waals surface area contributed by atoms with Gasteiger partial charge >= 0.3 is 0 Å². The lowest BCUT2D eigenvalue weighted by molar-refractivity contribution is -0.130. The number of nitrogens with zero attached hydrogens (tertiary/aromatic N) is 1. The van der Waals surface area contributed by atoms with Crippen molar-refractivity contribution < 1.29 is 14.3 Å². The number of likely N-dealkylation sites (N-methyl/N-ethyl adjacent to an activating group) is 1. The molecule has 0 saturated carbocycles. The summed E-state index contributed by atoms with van der Waals surface area (Å²) in [5.41, 5.74) is 7.18. The zero-order valence-corrected chi connectivity index (χ0v) is 12.2. The van der Waals surface area contributed by atoms with E-state index in [1.54, 1.807) is 24.1 Å². The third kappa shape index (κ3) is 3.59. The van der Waals surface area contributed by atoms with Gasteiger partial charge in [0.25, 0.3) is 5.91 Å². The molecule has 0 aliphatic carbocycles. The molecular weight excluding hydrogens is 270 g/mol. The lowest BCUT2D eigenvalue weighted by Gasteiger charge is -2.34. The molecule has 1 aromatic carbocycles. The minimum absolute atomic E-state index is 0.147. The van der Waals surface area contributed by atoms with E-state index in [2.05, 4.69) is 5.32 Å². The van der Waals surface area contributed by atoms with E-state index in [4.69, 9.17) is 10.5 Å². The average molecular weight is 291 g/mol. The number of benzene rings is 1. The highest BCUT2D eigenvalue weighted by atomic mass is 16.5. The van der Waals surface area contributed by atoms with Crippen molar-refractivity contribution in [2.45, 2.75) is 12.5 Å². The van der Waals surface area contributed by atoms with Crippen LogP contribution < -0.4 is 11.1 Å². The fourth-order valence-electron chi connectivity index (χ4n) is 2.38. The molecule has 1 fully saturated rings. The van der Waals surface area contributed by atoms with Gasteiger partial charge in [-0.1, -0.05) is 12.1 Å². The number of hydrogen-bond donors (Lipinski definition) is 2. The minimum atomic E-state index is -0.569. The highest BCUT2D eigenvalue weighted by molar-refractivity contribution is 5.97. The van der Waals surface area contributed by atoms with E-state index in [-0.39, 0.29) is 18.4 Å². The Morgan fingerprint density at radius 1 is 1.38 bits per heavy atom. The molecule has 0 bridgehead atoms. The molecule has 6 heteroatoms. The Labute approximate surface area is 124 Å².